The minimum absolute atomic E-state index is 0.0629. The summed E-state index contributed by atoms with van der Waals surface area (Å²) in [6, 6.07) is 6.66. The summed E-state index contributed by atoms with van der Waals surface area (Å²) in [6.07, 6.45) is 0. The molecule has 0 bridgehead atoms. The number of aryl methyl sites for hydroxylation is 2. The predicted molar refractivity (Wildman–Crippen MR) is 88.5 cm³/mol. The Labute approximate surface area is 139 Å². The van der Waals surface area contributed by atoms with E-state index in [2.05, 4.69) is 14.9 Å². The molecule has 128 valence electrons. The normalized spacial score (nSPS) is 15.6. The van der Waals surface area contributed by atoms with E-state index in [0.29, 0.717) is 35.9 Å². The standard InChI is InChI=1S/C15H18N4O4S/c1-10-15(11(2)17-16-10)24(21,22)18-12-3-5-13(6-4-12)19-7-8-23-9-14(19)20/h3-6,18H,7-9H2,1-2H3,(H,16,17). The molecule has 0 spiro atoms. The number of amides is 1. The molecule has 2 aromatic rings. The first-order valence-electron chi connectivity index (χ1n) is 7.41. The zero-order chi connectivity index (χ0) is 17.3. The molecule has 1 aromatic carbocycles. The first-order chi connectivity index (χ1) is 11.4. The molecular weight excluding hydrogens is 332 g/mol. The molecule has 0 atom stereocenters. The van der Waals surface area contributed by atoms with Gasteiger partial charge in [-0.2, -0.15) is 5.10 Å². The van der Waals surface area contributed by atoms with Crippen LogP contribution >= 0.6 is 0 Å². The second-order valence-corrected chi connectivity index (χ2v) is 7.13. The van der Waals surface area contributed by atoms with Gasteiger partial charge < -0.3 is 9.64 Å². The highest BCUT2D eigenvalue weighted by atomic mass is 32.2. The number of sulfonamides is 1. The number of hydrogen-bond donors (Lipinski definition) is 2. The van der Waals surface area contributed by atoms with Crippen LogP contribution in [0.2, 0.25) is 0 Å². The Balaban J connectivity index is 1.80. The van der Waals surface area contributed by atoms with E-state index in [1.54, 1.807) is 43.0 Å². The second kappa shape index (κ2) is 6.25. The maximum Gasteiger partial charge on any atom is 0.265 e. The van der Waals surface area contributed by atoms with Crippen molar-refractivity contribution in [3.8, 4) is 0 Å². The van der Waals surface area contributed by atoms with Crippen molar-refractivity contribution in [2.45, 2.75) is 18.7 Å². The monoisotopic (exact) mass is 350 g/mol. The van der Waals surface area contributed by atoms with Crippen molar-refractivity contribution < 1.29 is 17.9 Å². The van der Waals surface area contributed by atoms with Gasteiger partial charge in [-0.15, -0.1) is 0 Å². The van der Waals surface area contributed by atoms with E-state index < -0.39 is 10.0 Å². The van der Waals surface area contributed by atoms with Gasteiger partial charge in [-0.3, -0.25) is 14.6 Å². The van der Waals surface area contributed by atoms with E-state index in [9.17, 15) is 13.2 Å². The van der Waals surface area contributed by atoms with Crippen LogP contribution in [-0.4, -0.2) is 44.3 Å². The number of benzene rings is 1. The number of morpholine rings is 1. The fraction of sp³-hybridized carbons (Fsp3) is 0.333. The Kier molecular flexibility index (Phi) is 4.29. The maximum atomic E-state index is 12.5. The average Bonchev–Trinajstić information content (AvgIpc) is 2.88. The summed E-state index contributed by atoms with van der Waals surface area (Å²) < 4.78 is 32.6. The van der Waals surface area contributed by atoms with Crippen molar-refractivity contribution in [3.05, 3.63) is 35.7 Å². The van der Waals surface area contributed by atoms with E-state index >= 15 is 0 Å². The number of aromatic nitrogens is 2. The Morgan fingerprint density at radius 3 is 2.54 bits per heavy atom. The van der Waals surface area contributed by atoms with Gasteiger partial charge in [-0.1, -0.05) is 0 Å². The number of carbonyl (C=O) groups is 1. The van der Waals surface area contributed by atoms with E-state index in [4.69, 9.17) is 4.74 Å². The van der Waals surface area contributed by atoms with Crippen LogP contribution in [0, 0.1) is 13.8 Å². The molecule has 2 N–H and O–H groups in total. The highest BCUT2D eigenvalue weighted by Crippen LogP contribution is 2.23. The number of anilines is 2. The lowest BCUT2D eigenvalue weighted by Crippen LogP contribution is -2.41. The van der Waals surface area contributed by atoms with Crippen molar-refractivity contribution in [2.24, 2.45) is 0 Å². The first kappa shape index (κ1) is 16.5. The Hall–Kier alpha value is -2.39. The summed E-state index contributed by atoms with van der Waals surface area (Å²) in [5, 5.41) is 6.57. The van der Waals surface area contributed by atoms with E-state index in [1.807, 2.05) is 0 Å². The molecule has 2 heterocycles. The number of ether oxygens (including phenoxy) is 1. The van der Waals surface area contributed by atoms with Gasteiger partial charge in [0, 0.05) is 17.9 Å². The molecule has 0 radical (unpaired) electrons. The zero-order valence-electron chi connectivity index (χ0n) is 13.4. The van der Waals surface area contributed by atoms with Gasteiger partial charge >= 0.3 is 0 Å². The summed E-state index contributed by atoms with van der Waals surface area (Å²) in [7, 11) is -3.72. The topological polar surface area (TPSA) is 104 Å². The molecule has 24 heavy (non-hydrogen) atoms. The second-order valence-electron chi connectivity index (χ2n) is 5.51. The van der Waals surface area contributed by atoms with Crippen molar-refractivity contribution in [3.63, 3.8) is 0 Å². The zero-order valence-corrected chi connectivity index (χ0v) is 14.2. The number of carbonyl (C=O) groups excluding carboxylic acids is 1. The summed E-state index contributed by atoms with van der Waals surface area (Å²) in [5.74, 6) is -0.112. The van der Waals surface area contributed by atoms with E-state index in [-0.39, 0.29) is 17.4 Å². The SMILES string of the molecule is Cc1n[nH]c(C)c1S(=O)(=O)Nc1ccc(N2CCOCC2=O)cc1. The maximum absolute atomic E-state index is 12.5. The molecule has 1 aliphatic rings. The number of aromatic amines is 1. The van der Waals surface area contributed by atoms with Crippen molar-refractivity contribution in [2.75, 3.05) is 29.4 Å². The van der Waals surface area contributed by atoms with Crippen molar-refractivity contribution in [1.29, 1.82) is 0 Å². The third-order valence-electron chi connectivity index (χ3n) is 3.75. The van der Waals surface area contributed by atoms with Crippen LogP contribution in [0.1, 0.15) is 11.4 Å². The minimum atomic E-state index is -3.72. The van der Waals surface area contributed by atoms with Crippen molar-refractivity contribution >= 4 is 27.3 Å². The summed E-state index contributed by atoms with van der Waals surface area (Å²) >= 11 is 0. The van der Waals surface area contributed by atoms with E-state index in [0.717, 1.165) is 0 Å². The number of nitrogens with zero attached hydrogens (tertiary/aromatic N) is 2. The third-order valence-corrected chi connectivity index (χ3v) is 5.39. The van der Waals surface area contributed by atoms with Gasteiger partial charge in [-0.05, 0) is 38.1 Å². The molecule has 1 aliphatic heterocycles. The van der Waals surface area contributed by atoms with Crippen LogP contribution in [0.4, 0.5) is 11.4 Å². The average molecular weight is 350 g/mol. The number of hydrogen-bond acceptors (Lipinski definition) is 5. The fourth-order valence-corrected chi connectivity index (χ4v) is 4.07. The van der Waals surface area contributed by atoms with Crippen LogP contribution in [0.3, 0.4) is 0 Å². The summed E-state index contributed by atoms with van der Waals surface area (Å²) in [6.45, 7) is 4.32. The van der Waals surface area contributed by atoms with Gasteiger partial charge in [0.15, 0.2) is 0 Å². The molecule has 9 heteroatoms. The van der Waals surface area contributed by atoms with Crippen LogP contribution < -0.4 is 9.62 Å². The Morgan fingerprint density at radius 2 is 1.96 bits per heavy atom. The van der Waals surface area contributed by atoms with Gasteiger partial charge in [-0.25, -0.2) is 8.42 Å². The largest absolute Gasteiger partial charge is 0.370 e. The molecule has 1 amide bonds. The van der Waals surface area contributed by atoms with E-state index in [1.165, 1.54) is 0 Å². The van der Waals surface area contributed by atoms with Crippen LogP contribution in [0.25, 0.3) is 0 Å². The summed E-state index contributed by atoms with van der Waals surface area (Å²) in [5.41, 5.74) is 2.02. The van der Waals surface area contributed by atoms with Crippen LogP contribution in [0.15, 0.2) is 29.2 Å². The first-order valence-corrected chi connectivity index (χ1v) is 8.89. The predicted octanol–water partition coefficient (Wildman–Crippen LogP) is 1.19. The lowest BCUT2D eigenvalue weighted by molar-refractivity contribution is -0.125. The molecule has 1 saturated heterocycles. The lowest BCUT2D eigenvalue weighted by atomic mass is 10.2. The molecule has 3 rings (SSSR count). The summed E-state index contributed by atoms with van der Waals surface area (Å²) in [4.78, 5) is 13.6. The highest BCUT2D eigenvalue weighted by molar-refractivity contribution is 7.92. The fourth-order valence-electron chi connectivity index (χ4n) is 2.64. The quantitative estimate of drug-likeness (QED) is 0.862. The third kappa shape index (κ3) is 3.13. The highest BCUT2D eigenvalue weighted by Gasteiger charge is 2.23. The molecule has 1 aromatic heterocycles. The Bertz CT molecular complexity index is 839. The molecule has 8 nitrogen and oxygen atoms in total. The van der Waals surface area contributed by atoms with Gasteiger partial charge in [0.05, 0.1) is 18.0 Å². The molecular formula is C15H18N4O4S. The van der Waals surface area contributed by atoms with Crippen LogP contribution in [-0.2, 0) is 19.6 Å². The number of H-pyrrole nitrogens is 1. The molecule has 1 fully saturated rings. The Morgan fingerprint density at radius 1 is 1.25 bits per heavy atom. The van der Waals surface area contributed by atoms with Gasteiger partial charge in [0.25, 0.3) is 15.9 Å². The molecule has 0 aliphatic carbocycles. The van der Waals surface area contributed by atoms with Gasteiger partial charge in [0.2, 0.25) is 0 Å². The molecule has 0 saturated carbocycles. The van der Waals surface area contributed by atoms with Crippen molar-refractivity contribution in [1.82, 2.24) is 10.2 Å². The van der Waals surface area contributed by atoms with Gasteiger partial charge in [0.1, 0.15) is 11.5 Å². The number of nitrogens with one attached hydrogen (secondary N) is 2. The number of rotatable bonds is 4. The molecule has 0 unspecified atom stereocenters. The van der Waals surface area contributed by atoms with Crippen LogP contribution in [0.5, 0.6) is 0 Å². The smallest absolute Gasteiger partial charge is 0.265 e. The lowest BCUT2D eigenvalue weighted by Gasteiger charge is -2.26. The minimum Gasteiger partial charge on any atom is -0.370 e.